The molecule has 0 bridgehead atoms. The number of rotatable bonds is 44. The number of hydrogen-bond acceptors (Lipinski definition) is 4. The first-order chi connectivity index (χ1) is 27.5. The number of unbranched alkanes of at least 4 members (excludes halogenated alkanes) is 29. The molecule has 0 aromatic carbocycles. The Morgan fingerprint density at radius 3 is 1.14 bits per heavy atom. The summed E-state index contributed by atoms with van der Waals surface area (Å²) in [5.74, 6) is -0.331. The molecular formula is C51H95NO4. The Labute approximate surface area is 348 Å². The molecule has 1 amide bonds. The second-order valence-corrected chi connectivity index (χ2v) is 16.7. The number of carbonyl (C=O) groups is 1. The second kappa shape index (κ2) is 46.0. The van der Waals surface area contributed by atoms with Gasteiger partial charge in [-0.05, 0) is 70.6 Å². The minimum Gasteiger partial charge on any atom is -0.394 e. The number of allylic oxidation sites excluding steroid dienone is 7. The lowest BCUT2D eigenvalue weighted by atomic mass is 10.0. The van der Waals surface area contributed by atoms with Crippen molar-refractivity contribution >= 4 is 5.91 Å². The van der Waals surface area contributed by atoms with Crippen LogP contribution in [0.4, 0.5) is 0 Å². The van der Waals surface area contributed by atoms with Crippen LogP contribution in [-0.4, -0.2) is 46.1 Å². The van der Waals surface area contributed by atoms with E-state index in [1.54, 1.807) is 6.08 Å². The third-order valence-corrected chi connectivity index (χ3v) is 11.1. The van der Waals surface area contributed by atoms with Gasteiger partial charge in [0.1, 0.15) is 0 Å². The summed E-state index contributed by atoms with van der Waals surface area (Å²) >= 11 is 0. The third kappa shape index (κ3) is 41.9. The molecule has 3 unspecified atom stereocenters. The quantitative estimate of drug-likeness (QED) is 0.0366. The number of nitrogens with one attached hydrogen (secondary N) is 1. The van der Waals surface area contributed by atoms with Crippen molar-refractivity contribution in [3.05, 3.63) is 48.6 Å². The Hall–Kier alpha value is -1.69. The molecule has 0 aliphatic carbocycles. The van der Waals surface area contributed by atoms with Gasteiger partial charge in [-0.2, -0.15) is 0 Å². The zero-order valence-electron chi connectivity index (χ0n) is 37.3. The summed E-state index contributed by atoms with van der Waals surface area (Å²) in [5, 5.41) is 33.3. The first kappa shape index (κ1) is 54.3. The molecule has 5 heteroatoms. The van der Waals surface area contributed by atoms with E-state index in [2.05, 4.69) is 55.6 Å². The van der Waals surface area contributed by atoms with Gasteiger partial charge >= 0.3 is 0 Å². The van der Waals surface area contributed by atoms with Crippen LogP contribution in [0, 0.1) is 0 Å². The number of aliphatic hydroxyl groups is 3. The van der Waals surface area contributed by atoms with E-state index in [0.717, 1.165) is 38.5 Å². The average Bonchev–Trinajstić information content (AvgIpc) is 3.19. The van der Waals surface area contributed by atoms with E-state index in [1.807, 2.05) is 6.08 Å². The second-order valence-electron chi connectivity index (χ2n) is 16.7. The van der Waals surface area contributed by atoms with Crippen molar-refractivity contribution in [1.29, 1.82) is 0 Å². The summed E-state index contributed by atoms with van der Waals surface area (Å²) in [6.07, 6.45) is 59.8. The molecule has 3 atom stereocenters. The smallest absolute Gasteiger partial charge is 0.222 e. The molecule has 0 saturated heterocycles. The first-order valence-corrected chi connectivity index (χ1v) is 24.4. The van der Waals surface area contributed by atoms with E-state index < -0.39 is 18.2 Å². The molecule has 0 spiro atoms. The van der Waals surface area contributed by atoms with Crippen LogP contribution in [0.15, 0.2) is 48.6 Å². The molecule has 328 valence electrons. The van der Waals surface area contributed by atoms with Gasteiger partial charge in [0.25, 0.3) is 0 Å². The number of hydrogen-bond donors (Lipinski definition) is 4. The fraction of sp³-hybridized carbons (Fsp3) is 0.824. The number of carbonyl (C=O) groups excluding carboxylic acids is 1. The van der Waals surface area contributed by atoms with Crippen molar-refractivity contribution in [2.24, 2.45) is 0 Å². The van der Waals surface area contributed by atoms with Crippen LogP contribution < -0.4 is 5.32 Å². The molecule has 0 saturated carbocycles. The van der Waals surface area contributed by atoms with Gasteiger partial charge in [-0.15, -0.1) is 0 Å². The van der Waals surface area contributed by atoms with Gasteiger partial charge in [0.05, 0.1) is 31.3 Å². The predicted molar refractivity (Wildman–Crippen MR) is 245 cm³/mol. The van der Waals surface area contributed by atoms with E-state index in [4.69, 9.17) is 0 Å². The normalized spacial score (nSPS) is 13.9. The van der Waals surface area contributed by atoms with Crippen molar-refractivity contribution in [2.75, 3.05) is 6.61 Å². The van der Waals surface area contributed by atoms with E-state index in [-0.39, 0.29) is 18.9 Å². The summed E-state index contributed by atoms with van der Waals surface area (Å²) in [6, 6.07) is -0.769. The number of aliphatic hydroxyl groups excluding tert-OH is 3. The SMILES string of the molecule is CCCCCCCCC/C=C/CC/C=C/CC/C=C/C(O)C(CO)NC(=O)CC(O)CCCCCCCCCC/C=C\CCCCCCCCCCCCCC. The zero-order chi connectivity index (χ0) is 40.8. The summed E-state index contributed by atoms with van der Waals surface area (Å²) in [5.41, 5.74) is 0. The van der Waals surface area contributed by atoms with E-state index in [1.165, 1.54) is 180 Å². The van der Waals surface area contributed by atoms with Gasteiger partial charge in [-0.25, -0.2) is 0 Å². The molecule has 4 N–H and O–H groups in total. The number of amides is 1. The first-order valence-electron chi connectivity index (χ1n) is 24.4. The minimum absolute atomic E-state index is 0.000153. The molecule has 5 nitrogen and oxygen atoms in total. The van der Waals surface area contributed by atoms with Crippen LogP contribution in [0.5, 0.6) is 0 Å². The molecule has 56 heavy (non-hydrogen) atoms. The Morgan fingerprint density at radius 1 is 0.446 bits per heavy atom. The van der Waals surface area contributed by atoms with Crippen molar-refractivity contribution in [1.82, 2.24) is 5.32 Å². The maximum Gasteiger partial charge on any atom is 0.222 e. The molecule has 0 aliphatic heterocycles. The van der Waals surface area contributed by atoms with Gasteiger partial charge in [-0.3, -0.25) is 4.79 Å². The van der Waals surface area contributed by atoms with Gasteiger partial charge in [0.15, 0.2) is 0 Å². The van der Waals surface area contributed by atoms with E-state index >= 15 is 0 Å². The lowest BCUT2D eigenvalue weighted by Gasteiger charge is -2.21. The third-order valence-electron chi connectivity index (χ3n) is 11.1. The molecule has 0 aromatic rings. The highest BCUT2D eigenvalue weighted by Gasteiger charge is 2.20. The molecule has 0 heterocycles. The maximum atomic E-state index is 12.5. The summed E-state index contributed by atoms with van der Waals surface area (Å²) in [4.78, 5) is 12.5. The van der Waals surface area contributed by atoms with Crippen molar-refractivity contribution in [2.45, 2.75) is 263 Å². The highest BCUT2D eigenvalue weighted by Crippen LogP contribution is 2.15. The molecule has 0 fully saturated rings. The van der Waals surface area contributed by atoms with Crippen LogP contribution in [0.3, 0.4) is 0 Å². The van der Waals surface area contributed by atoms with Gasteiger partial charge in [-0.1, -0.05) is 217 Å². The average molecular weight is 786 g/mol. The highest BCUT2D eigenvalue weighted by molar-refractivity contribution is 5.76. The zero-order valence-corrected chi connectivity index (χ0v) is 37.3. The summed E-state index contributed by atoms with van der Waals surface area (Å²) in [6.45, 7) is 4.20. The molecular weight excluding hydrogens is 691 g/mol. The minimum atomic E-state index is -0.961. The Kier molecular flexibility index (Phi) is 44.6. The summed E-state index contributed by atoms with van der Waals surface area (Å²) < 4.78 is 0. The molecule has 0 rings (SSSR count). The predicted octanol–water partition coefficient (Wildman–Crippen LogP) is 14.5. The molecule has 0 aliphatic rings. The highest BCUT2D eigenvalue weighted by atomic mass is 16.3. The fourth-order valence-electron chi connectivity index (χ4n) is 7.31. The fourth-order valence-corrected chi connectivity index (χ4v) is 7.31. The van der Waals surface area contributed by atoms with Crippen LogP contribution in [0.1, 0.15) is 245 Å². The largest absolute Gasteiger partial charge is 0.394 e. The van der Waals surface area contributed by atoms with E-state index in [9.17, 15) is 20.1 Å². The topological polar surface area (TPSA) is 89.8 Å². The Balaban J connectivity index is 3.67. The van der Waals surface area contributed by atoms with Gasteiger partial charge < -0.3 is 20.6 Å². The molecule has 0 aromatic heterocycles. The lowest BCUT2D eigenvalue weighted by Crippen LogP contribution is -2.45. The van der Waals surface area contributed by atoms with Crippen molar-refractivity contribution < 1.29 is 20.1 Å². The Bertz CT molecular complexity index is 912. The monoisotopic (exact) mass is 786 g/mol. The van der Waals surface area contributed by atoms with Gasteiger partial charge in [0, 0.05) is 0 Å². The van der Waals surface area contributed by atoms with Crippen LogP contribution in [-0.2, 0) is 4.79 Å². The van der Waals surface area contributed by atoms with Crippen LogP contribution >= 0.6 is 0 Å². The lowest BCUT2D eigenvalue weighted by molar-refractivity contribution is -0.124. The Morgan fingerprint density at radius 2 is 0.768 bits per heavy atom. The van der Waals surface area contributed by atoms with Crippen molar-refractivity contribution in [3.8, 4) is 0 Å². The van der Waals surface area contributed by atoms with Gasteiger partial charge in [0.2, 0.25) is 5.91 Å². The maximum absolute atomic E-state index is 12.5. The van der Waals surface area contributed by atoms with Crippen LogP contribution in [0.25, 0.3) is 0 Å². The molecule has 0 radical (unpaired) electrons. The van der Waals surface area contributed by atoms with E-state index in [0.29, 0.717) is 6.42 Å². The standard InChI is InChI=1S/C51H95NO4/c1-3-5-7-9-11-13-15-17-19-21-22-23-24-25-26-27-29-30-32-34-36-38-40-42-44-48(54)46-51(56)52-49(47-53)50(55)45-43-41-39-37-35-33-31-28-20-18-16-14-12-10-8-6-4-2/h20,25-26,28,35,37,43,45,48-50,53-55H,3-19,21-24,27,29-34,36,38-42,44,46-47H2,1-2H3,(H,52,56)/b26-25-,28-20+,37-35+,45-43+. The summed E-state index contributed by atoms with van der Waals surface area (Å²) in [7, 11) is 0. The van der Waals surface area contributed by atoms with Crippen LogP contribution in [0.2, 0.25) is 0 Å². The van der Waals surface area contributed by atoms with Crippen molar-refractivity contribution in [3.63, 3.8) is 0 Å².